The van der Waals surface area contributed by atoms with Gasteiger partial charge in [-0.15, -0.1) is 10.2 Å². The van der Waals surface area contributed by atoms with Gasteiger partial charge in [0.1, 0.15) is 6.33 Å². The van der Waals surface area contributed by atoms with Gasteiger partial charge in [0, 0.05) is 10.7 Å². The standard InChI is InChI=1S/C19H17ClN4O3S/c1-13-7-8-15(9-16(13)20)24-12-21-23-19(24)28-11-18(26)27-10-17(25)22-14-5-3-2-4-6-14/h2-9,12H,10-11H2,1H3,(H,22,25). The molecule has 0 saturated heterocycles. The average Bonchev–Trinajstić information content (AvgIpc) is 3.16. The Bertz CT molecular complexity index is 978. The molecule has 28 heavy (non-hydrogen) atoms. The van der Waals surface area contributed by atoms with Gasteiger partial charge in [0.05, 0.1) is 11.4 Å². The number of ether oxygens (including phenoxy) is 1. The Balaban J connectivity index is 1.51. The van der Waals surface area contributed by atoms with Crippen LogP contribution < -0.4 is 5.32 Å². The van der Waals surface area contributed by atoms with Crippen LogP contribution in [0.15, 0.2) is 60.0 Å². The first-order valence-electron chi connectivity index (χ1n) is 8.33. The lowest BCUT2D eigenvalue weighted by Gasteiger charge is -2.08. The molecule has 1 heterocycles. The molecule has 9 heteroatoms. The number of nitrogens with one attached hydrogen (secondary N) is 1. The van der Waals surface area contributed by atoms with Crippen LogP contribution in [-0.2, 0) is 14.3 Å². The summed E-state index contributed by atoms with van der Waals surface area (Å²) in [6.45, 7) is 1.56. The van der Waals surface area contributed by atoms with E-state index in [1.54, 1.807) is 41.2 Å². The number of anilines is 1. The first-order chi connectivity index (χ1) is 13.5. The van der Waals surface area contributed by atoms with Crippen molar-refractivity contribution in [3.05, 3.63) is 65.4 Å². The van der Waals surface area contributed by atoms with Gasteiger partial charge in [0.15, 0.2) is 11.8 Å². The fraction of sp³-hybridized carbons (Fsp3) is 0.158. The molecule has 0 spiro atoms. The average molecular weight is 417 g/mol. The molecule has 0 radical (unpaired) electrons. The van der Waals surface area contributed by atoms with Crippen LogP contribution >= 0.6 is 23.4 Å². The van der Waals surface area contributed by atoms with E-state index in [0.29, 0.717) is 15.9 Å². The molecule has 0 fully saturated rings. The number of carbonyl (C=O) groups is 2. The van der Waals surface area contributed by atoms with Crippen LogP contribution in [0.2, 0.25) is 5.02 Å². The van der Waals surface area contributed by atoms with E-state index in [4.69, 9.17) is 16.3 Å². The first-order valence-corrected chi connectivity index (χ1v) is 9.69. The van der Waals surface area contributed by atoms with Crippen LogP contribution in [0, 0.1) is 6.92 Å². The maximum absolute atomic E-state index is 11.9. The van der Waals surface area contributed by atoms with E-state index in [-0.39, 0.29) is 12.4 Å². The van der Waals surface area contributed by atoms with Crippen molar-refractivity contribution < 1.29 is 14.3 Å². The highest BCUT2D eigenvalue weighted by Crippen LogP contribution is 2.23. The van der Waals surface area contributed by atoms with Crippen molar-refractivity contribution in [3.8, 4) is 5.69 Å². The summed E-state index contributed by atoms with van der Waals surface area (Å²) in [5.74, 6) is -0.927. The van der Waals surface area contributed by atoms with Crippen LogP contribution in [0.25, 0.3) is 5.69 Å². The van der Waals surface area contributed by atoms with E-state index in [1.165, 1.54) is 0 Å². The largest absolute Gasteiger partial charge is 0.455 e. The zero-order valence-electron chi connectivity index (χ0n) is 15.0. The van der Waals surface area contributed by atoms with Gasteiger partial charge in [-0.25, -0.2) is 0 Å². The molecule has 1 aromatic heterocycles. The summed E-state index contributed by atoms with van der Waals surface area (Å²) < 4.78 is 6.73. The minimum absolute atomic E-state index is 0.00307. The normalized spacial score (nSPS) is 10.5. The molecule has 0 aliphatic heterocycles. The zero-order chi connectivity index (χ0) is 19.9. The molecule has 0 unspecified atom stereocenters. The molecule has 1 amide bonds. The predicted octanol–water partition coefficient (Wildman–Crippen LogP) is 3.50. The van der Waals surface area contributed by atoms with Crippen molar-refractivity contribution in [1.82, 2.24) is 14.8 Å². The van der Waals surface area contributed by atoms with E-state index in [0.717, 1.165) is 23.0 Å². The monoisotopic (exact) mass is 416 g/mol. The van der Waals surface area contributed by atoms with Crippen molar-refractivity contribution in [2.24, 2.45) is 0 Å². The summed E-state index contributed by atoms with van der Waals surface area (Å²) >= 11 is 7.33. The minimum Gasteiger partial charge on any atom is -0.455 e. The van der Waals surface area contributed by atoms with Gasteiger partial charge in [0.25, 0.3) is 5.91 Å². The fourth-order valence-corrected chi connectivity index (χ4v) is 3.16. The second kappa shape index (κ2) is 9.38. The third-order valence-corrected chi connectivity index (χ3v) is 5.01. The number of amides is 1. The number of hydrogen-bond acceptors (Lipinski definition) is 6. The van der Waals surface area contributed by atoms with Crippen LogP contribution in [0.5, 0.6) is 0 Å². The Morgan fingerprint density at radius 2 is 2.00 bits per heavy atom. The molecule has 3 aromatic rings. The van der Waals surface area contributed by atoms with Crippen molar-refractivity contribution in [1.29, 1.82) is 0 Å². The summed E-state index contributed by atoms with van der Waals surface area (Å²) in [6.07, 6.45) is 1.54. The number of benzene rings is 2. The van der Waals surface area contributed by atoms with Gasteiger partial charge in [-0.05, 0) is 36.8 Å². The summed E-state index contributed by atoms with van der Waals surface area (Å²) in [7, 11) is 0. The summed E-state index contributed by atoms with van der Waals surface area (Å²) in [5.41, 5.74) is 2.39. The Kier molecular flexibility index (Phi) is 6.67. The van der Waals surface area contributed by atoms with Crippen LogP contribution in [-0.4, -0.2) is 39.0 Å². The Morgan fingerprint density at radius 1 is 1.21 bits per heavy atom. The Morgan fingerprint density at radius 3 is 2.75 bits per heavy atom. The number of para-hydroxylation sites is 1. The molecule has 1 N–H and O–H groups in total. The lowest BCUT2D eigenvalue weighted by Crippen LogP contribution is -2.21. The predicted molar refractivity (Wildman–Crippen MR) is 108 cm³/mol. The van der Waals surface area contributed by atoms with Gasteiger partial charge < -0.3 is 10.1 Å². The number of carbonyl (C=O) groups excluding carboxylic acids is 2. The highest BCUT2D eigenvalue weighted by atomic mass is 35.5. The second-order valence-corrected chi connectivity index (χ2v) is 7.13. The number of thioether (sulfide) groups is 1. The molecule has 3 rings (SSSR count). The minimum atomic E-state index is -0.523. The lowest BCUT2D eigenvalue weighted by molar-refractivity contribution is -0.144. The molecular weight excluding hydrogens is 400 g/mol. The molecule has 0 bridgehead atoms. The van der Waals surface area contributed by atoms with Crippen LogP contribution in [0.4, 0.5) is 5.69 Å². The fourth-order valence-electron chi connectivity index (χ4n) is 2.26. The molecule has 144 valence electrons. The molecular formula is C19H17ClN4O3S. The van der Waals surface area contributed by atoms with Gasteiger partial charge >= 0.3 is 5.97 Å². The molecule has 0 saturated carbocycles. The van der Waals surface area contributed by atoms with Crippen LogP contribution in [0.1, 0.15) is 5.56 Å². The number of hydrogen-bond donors (Lipinski definition) is 1. The van der Waals surface area contributed by atoms with Crippen molar-refractivity contribution >= 4 is 40.9 Å². The SMILES string of the molecule is Cc1ccc(-n2cnnc2SCC(=O)OCC(=O)Nc2ccccc2)cc1Cl. The quantitative estimate of drug-likeness (QED) is 0.468. The number of nitrogens with zero attached hydrogens (tertiary/aromatic N) is 3. The van der Waals surface area contributed by atoms with E-state index in [2.05, 4.69) is 15.5 Å². The lowest BCUT2D eigenvalue weighted by atomic mass is 10.2. The van der Waals surface area contributed by atoms with E-state index in [9.17, 15) is 9.59 Å². The molecule has 0 aliphatic carbocycles. The summed E-state index contributed by atoms with van der Waals surface area (Å²) in [6, 6.07) is 14.5. The third kappa shape index (κ3) is 5.34. The van der Waals surface area contributed by atoms with Crippen molar-refractivity contribution in [3.63, 3.8) is 0 Å². The molecule has 0 aliphatic rings. The van der Waals surface area contributed by atoms with Gasteiger partial charge in [-0.3, -0.25) is 14.2 Å². The van der Waals surface area contributed by atoms with Crippen LogP contribution in [0.3, 0.4) is 0 Å². The topological polar surface area (TPSA) is 86.1 Å². The summed E-state index contributed by atoms with van der Waals surface area (Å²) in [5, 5.41) is 11.7. The molecule has 7 nitrogen and oxygen atoms in total. The first kappa shape index (κ1) is 19.9. The maximum atomic E-state index is 11.9. The van der Waals surface area contributed by atoms with E-state index >= 15 is 0 Å². The van der Waals surface area contributed by atoms with Gasteiger partial charge in [-0.1, -0.05) is 47.6 Å². The smallest absolute Gasteiger partial charge is 0.316 e. The number of halogens is 1. The second-order valence-electron chi connectivity index (χ2n) is 5.78. The molecule has 0 atom stereocenters. The highest BCUT2D eigenvalue weighted by molar-refractivity contribution is 7.99. The highest BCUT2D eigenvalue weighted by Gasteiger charge is 2.13. The number of aromatic nitrogens is 3. The van der Waals surface area contributed by atoms with E-state index in [1.807, 2.05) is 25.1 Å². The maximum Gasteiger partial charge on any atom is 0.316 e. The van der Waals surface area contributed by atoms with Crippen molar-refractivity contribution in [2.45, 2.75) is 12.1 Å². The molecule has 2 aromatic carbocycles. The third-order valence-electron chi connectivity index (χ3n) is 3.69. The number of esters is 1. The van der Waals surface area contributed by atoms with Crippen molar-refractivity contribution in [2.75, 3.05) is 17.7 Å². The van der Waals surface area contributed by atoms with E-state index < -0.39 is 11.9 Å². The van der Waals surface area contributed by atoms with Gasteiger partial charge in [0.2, 0.25) is 0 Å². The van der Waals surface area contributed by atoms with Gasteiger partial charge in [-0.2, -0.15) is 0 Å². The Hall–Kier alpha value is -2.84. The number of rotatable bonds is 7. The number of aryl methyl sites for hydroxylation is 1. The Labute approximate surface area is 171 Å². The summed E-state index contributed by atoms with van der Waals surface area (Å²) in [4.78, 5) is 23.8. The zero-order valence-corrected chi connectivity index (χ0v) is 16.5.